The normalized spacial score (nSPS) is 10.4. The number of amides is 1. The monoisotopic (exact) mass is 267 g/mol. The first-order valence-electron chi connectivity index (χ1n) is 5.70. The Bertz CT molecular complexity index is 415. The fourth-order valence-electron chi connectivity index (χ4n) is 1.32. The Morgan fingerprint density at radius 1 is 1.28 bits per heavy atom. The van der Waals surface area contributed by atoms with Crippen molar-refractivity contribution in [2.75, 3.05) is 12.3 Å². The van der Waals surface area contributed by atoms with E-state index in [1.54, 1.807) is 0 Å². The fraction of sp³-hybridized carbons (Fsp3) is 0.385. The zero-order valence-electron chi connectivity index (χ0n) is 10.5. The lowest BCUT2D eigenvalue weighted by atomic mass is 10.0. The Morgan fingerprint density at radius 3 is 2.39 bits per heavy atom. The lowest BCUT2D eigenvalue weighted by Gasteiger charge is -2.06. The molecule has 0 spiro atoms. The van der Waals surface area contributed by atoms with Crippen molar-refractivity contribution in [3.05, 3.63) is 29.8 Å². The number of benzene rings is 1. The first kappa shape index (κ1) is 14.6. The quantitative estimate of drug-likeness (QED) is 0.775. The van der Waals surface area contributed by atoms with Crippen molar-refractivity contribution >= 4 is 23.6 Å². The van der Waals surface area contributed by atoms with Gasteiger partial charge in [0.15, 0.2) is 0 Å². The molecule has 0 fully saturated rings. The average molecular weight is 267 g/mol. The third-order valence-corrected chi connectivity index (χ3v) is 3.37. The van der Waals surface area contributed by atoms with Crippen LogP contribution in [0.3, 0.4) is 0 Å². The van der Waals surface area contributed by atoms with E-state index in [1.807, 2.05) is 24.3 Å². The first-order valence-corrected chi connectivity index (χ1v) is 6.69. The van der Waals surface area contributed by atoms with Gasteiger partial charge >= 0.3 is 5.97 Å². The smallest absolute Gasteiger partial charge is 0.322 e. The highest BCUT2D eigenvalue weighted by Gasteiger charge is 2.05. The predicted molar refractivity (Wildman–Crippen MR) is 71.9 cm³/mol. The summed E-state index contributed by atoms with van der Waals surface area (Å²) in [5.74, 6) is -0.582. The van der Waals surface area contributed by atoms with E-state index in [9.17, 15) is 9.59 Å². The molecule has 1 aromatic carbocycles. The molecule has 98 valence electrons. The van der Waals surface area contributed by atoms with Crippen molar-refractivity contribution in [1.29, 1.82) is 0 Å². The number of thioether (sulfide) groups is 1. The highest BCUT2D eigenvalue weighted by molar-refractivity contribution is 8.00. The van der Waals surface area contributed by atoms with Crippen LogP contribution >= 0.6 is 11.8 Å². The predicted octanol–water partition coefficient (Wildman–Crippen LogP) is 2.10. The number of carboxylic acids is 1. The number of hydrogen-bond donors (Lipinski definition) is 2. The van der Waals surface area contributed by atoms with Gasteiger partial charge in [-0.1, -0.05) is 26.0 Å². The molecule has 0 aromatic heterocycles. The summed E-state index contributed by atoms with van der Waals surface area (Å²) in [5.41, 5.74) is 1.26. The molecule has 0 unspecified atom stereocenters. The van der Waals surface area contributed by atoms with Crippen LogP contribution in [0.4, 0.5) is 0 Å². The first-order chi connectivity index (χ1) is 8.49. The van der Waals surface area contributed by atoms with Gasteiger partial charge in [0.1, 0.15) is 6.54 Å². The number of carboxylic acid groups (broad SMARTS) is 1. The summed E-state index contributed by atoms with van der Waals surface area (Å²) >= 11 is 1.40. The lowest BCUT2D eigenvalue weighted by Crippen LogP contribution is -2.30. The summed E-state index contributed by atoms with van der Waals surface area (Å²) in [6.07, 6.45) is 0. The molecule has 0 atom stereocenters. The molecule has 0 heterocycles. The molecular weight excluding hydrogens is 250 g/mol. The summed E-state index contributed by atoms with van der Waals surface area (Å²) in [6.45, 7) is 3.93. The van der Waals surface area contributed by atoms with E-state index >= 15 is 0 Å². The van der Waals surface area contributed by atoms with E-state index in [2.05, 4.69) is 19.2 Å². The van der Waals surface area contributed by atoms with Gasteiger partial charge in [0.05, 0.1) is 5.75 Å². The van der Waals surface area contributed by atoms with E-state index in [1.165, 1.54) is 17.3 Å². The Kier molecular flexibility index (Phi) is 5.71. The maximum Gasteiger partial charge on any atom is 0.322 e. The number of nitrogens with one attached hydrogen (secondary N) is 1. The van der Waals surface area contributed by atoms with Crippen molar-refractivity contribution < 1.29 is 14.7 Å². The molecule has 4 nitrogen and oxygen atoms in total. The van der Waals surface area contributed by atoms with Crippen LogP contribution in [0, 0.1) is 0 Å². The molecule has 0 aliphatic heterocycles. The Labute approximate surface area is 111 Å². The summed E-state index contributed by atoms with van der Waals surface area (Å²) in [7, 11) is 0. The molecule has 0 saturated heterocycles. The number of carbonyl (C=O) groups is 2. The largest absolute Gasteiger partial charge is 0.480 e. The molecular formula is C13H17NO3S. The molecule has 0 bridgehead atoms. The second kappa shape index (κ2) is 7.06. The second-order valence-electron chi connectivity index (χ2n) is 4.18. The highest BCUT2D eigenvalue weighted by atomic mass is 32.2. The van der Waals surface area contributed by atoms with E-state index in [0.717, 1.165) is 4.90 Å². The number of carbonyl (C=O) groups excluding carboxylic acids is 1. The topological polar surface area (TPSA) is 66.4 Å². The van der Waals surface area contributed by atoms with Gasteiger partial charge in [-0.25, -0.2) is 0 Å². The minimum absolute atomic E-state index is 0.230. The van der Waals surface area contributed by atoms with Crippen LogP contribution in [0.1, 0.15) is 25.3 Å². The molecule has 0 aliphatic carbocycles. The highest BCUT2D eigenvalue weighted by Crippen LogP contribution is 2.21. The summed E-state index contributed by atoms with van der Waals surface area (Å²) in [4.78, 5) is 22.6. The van der Waals surface area contributed by atoms with E-state index in [-0.39, 0.29) is 18.2 Å². The van der Waals surface area contributed by atoms with Crippen LogP contribution in [-0.4, -0.2) is 29.3 Å². The van der Waals surface area contributed by atoms with Crippen molar-refractivity contribution in [3.63, 3.8) is 0 Å². The zero-order chi connectivity index (χ0) is 13.5. The van der Waals surface area contributed by atoms with Gasteiger partial charge in [0.25, 0.3) is 0 Å². The minimum Gasteiger partial charge on any atom is -0.480 e. The number of aliphatic carboxylic acids is 1. The fourth-order valence-corrected chi connectivity index (χ4v) is 2.05. The maximum absolute atomic E-state index is 11.3. The maximum atomic E-state index is 11.3. The average Bonchev–Trinajstić information content (AvgIpc) is 2.34. The van der Waals surface area contributed by atoms with Gasteiger partial charge in [-0.3, -0.25) is 9.59 Å². The Morgan fingerprint density at radius 2 is 1.89 bits per heavy atom. The molecule has 0 saturated carbocycles. The van der Waals surface area contributed by atoms with Gasteiger partial charge in [-0.05, 0) is 23.6 Å². The SMILES string of the molecule is CC(C)c1ccc(SCC(=O)NCC(=O)O)cc1. The lowest BCUT2D eigenvalue weighted by molar-refractivity contribution is -0.137. The van der Waals surface area contributed by atoms with Gasteiger partial charge in [0, 0.05) is 4.90 Å². The Hall–Kier alpha value is -1.49. The van der Waals surface area contributed by atoms with E-state index in [4.69, 9.17) is 5.11 Å². The standard InChI is InChI=1S/C13H17NO3S/c1-9(2)10-3-5-11(6-4-10)18-8-12(15)14-7-13(16)17/h3-6,9H,7-8H2,1-2H3,(H,14,15)(H,16,17). The number of rotatable bonds is 6. The van der Waals surface area contributed by atoms with Crippen LogP contribution in [0.2, 0.25) is 0 Å². The molecule has 1 aromatic rings. The van der Waals surface area contributed by atoms with Gasteiger partial charge < -0.3 is 10.4 Å². The Balaban J connectivity index is 2.39. The summed E-state index contributed by atoms with van der Waals surface area (Å²) < 4.78 is 0. The van der Waals surface area contributed by atoms with Crippen LogP contribution in [0.25, 0.3) is 0 Å². The van der Waals surface area contributed by atoms with E-state index < -0.39 is 5.97 Å². The van der Waals surface area contributed by atoms with Crippen molar-refractivity contribution in [3.8, 4) is 0 Å². The van der Waals surface area contributed by atoms with Crippen LogP contribution in [0.5, 0.6) is 0 Å². The molecule has 1 amide bonds. The molecule has 18 heavy (non-hydrogen) atoms. The molecule has 5 heteroatoms. The third-order valence-electron chi connectivity index (χ3n) is 2.35. The van der Waals surface area contributed by atoms with Gasteiger partial charge in [-0.2, -0.15) is 0 Å². The molecule has 1 rings (SSSR count). The van der Waals surface area contributed by atoms with Crippen LogP contribution < -0.4 is 5.32 Å². The second-order valence-corrected chi connectivity index (χ2v) is 5.23. The van der Waals surface area contributed by atoms with E-state index in [0.29, 0.717) is 5.92 Å². The van der Waals surface area contributed by atoms with Gasteiger partial charge in [0.2, 0.25) is 5.91 Å². The molecule has 2 N–H and O–H groups in total. The molecule has 0 radical (unpaired) electrons. The van der Waals surface area contributed by atoms with Crippen molar-refractivity contribution in [2.24, 2.45) is 0 Å². The van der Waals surface area contributed by atoms with Crippen LogP contribution in [0.15, 0.2) is 29.2 Å². The summed E-state index contributed by atoms with van der Waals surface area (Å²) in [5, 5.41) is 10.7. The zero-order valence-corrected chi connectivity index (χ0v) is 11.3. The minimum atomic E-state index is -1.03. The van der Waals surface area contributed by atoms with Gasteiger partial charge in [-0.15, -0.1) is 11.8 Å². The molecule has 0 aliphatic rings. The summed E-state index contributed by atoms with van der Waals surface area (Å²) in [6, 6.07) is 8.04. The van der Waals surface area contributed by atoms with Crippen molar-refractivity contribution in [2.45, 2.75) is 24.7 Å². The number of hydrogen-bond acceptors (Lipinski definition) is 3. The third kappa shape index (κ3) is 5.23. The van der Waals surface area contributed by atoms with Crippen LogP contribution in [-0.2, 0) is 9.59 Å². The van der Waals surface area contributed by atoms with Crippen molar-refractivity contribution in [1.82, 2.24) is 5.32 Å².